The van der Waals surface area contributed by atoms with E-state index in [4.69, 9.17) is 8.83 Å². The van der Waals surface area contributed by atoms with Gasteiger partial charge in [0, 0.05) is 24.9 Å². The molecule has 10 nitrogen and oxygen atoms in total. The number of imidazole rings is 1. The lowest BCUT2D eigenvalue weighted by molar-refractivity contribution is 0.0565. The molecule has 0 bridgehead atoms. The molecule has 1 atom stereocenters. The molecule has 0 saturated heterocycles. The van der Waals surface area contributed by atoms with Crippen molar-refractivity contribution in [3.63, 3.8) is 0 Å². The summed E-state index contributed by atoms with van der Waals surface area (Å²) in [6, 6.07) is 5.64. The molecule has 1 aliphatic rings. The van der Waals surface area contributed by atoms with Crippen molar-refractivity contribution in [2.45, 2.75) is 19.0 Å². The van der Waals surface area contributed by atoms with E-state index in [9.17, 15) is 13.6 Å². The molecule has 13 heteroatoms. The van der Waals surface area contributed by atoms with Gasteiger partial charge >= 0.3 is 18.3 Å². The fourth-order valence-corrected chi connectivity index (χ4v) is 4.07. The van der Waals surface area contributed by atoms with Crippen LogP contribution in [0.5, 0.6) is 0 Å². The Kier molecular flexibility index (Phi) is 4.50. The molecule has 34 heavy (non-hydrogen) atoms. The average molecular weight is 469 g/mol. The van der Waals surface area contributed by atoms with Crippen LogP contribution in [-0.2, 0) is 6.42 Å². The van der Waals surface area contributed by atoms with Gasteiger partial charge in [0.1, 0.15) is 11.6 Å². The van der Waals surface area contributed by atoms with Crippen LogP contribution in [0, 0.1) is 5.82 Å². The number of hydrogen-bond acceptors (Lipinski definition) is 7. The summed E-state index contributed by atoms with van der Waals surface area (Å²) in [4.78, 5) is 22.0. The number of carbonyl (C=O) groups excluding carboxylic acids is 1. The third-order valence-corrected chi connectivity index (χ3v) is 5.65. The van der Waals surface area contributed by atoms with Crippen molar-refractivity contribution in [2.24, 2.45) is 0 Å². The molecule has 0 radical (unpaired) electrons. The monoisotopic (exact) mass is 469 g/mol. The number of amides is 1. The van der Waals surface area contributed by atoms with Crippen LogP contribution in [0.4, 0.5) is 13.2 Å². The zero-order valence-corrected chi connectivity index (χ0v) is 17.2. The van der Waals surface area contributed by atoms with Crippen molar-refractivity contribution >= 4 is 16.9 Å². The maximum absolute atomic E-state index is 15.4. The first kappa shape index (κ1) is 20.2. The molecule has 1 aromatic carbocycles. The number of aromatic nitrogens is 6. The van der Waals surface area contributed by atoms with E-state index in [1.54, 1.807) is 24.3 Å². The Morgan fingerprint density at radius 1 is 1.21 bits per heavy atom. The third-order valence-electron chi connectivity index (χ3n) is 5.65. The molecule has 6 rings (SSSR count). The molecule has 1 amide bonds. The Bertz CT molecular complexity index is 1520. The van der Waals surface area contributed by atoms with Crippen LogP contribution >= 0.6 is 0 Å². The van der Waals surface area contributed by atoms with Crippen molar-refractivity contribution in [1.29, 1.82) is 0 Å². The summed E-state index contributed by atoms with van der Waals surface area (Å²) in [5.41, 5.74) is 1.65. The third kappa shape index (κ3) is 3.08. The topological polar surface area (TPSA) is 119 Å². The maximum atomic E-state index is 15.4. The van der Waals surface area contributed by atoms with Crippen LogP contribution < -0.4 is 0 Å². The van der Waals surface area contributed by atoms with Crippen LogP contribution in [-0.4, -0.2) is 47.3 Å². The minimum Gasteiger partial charge on any atom is -0.455 e. The highest BCUT2D eigenvalue weighted by Gasteiger charge is 2.40. The molecule has 0 saturated carbocycles. The highest BCUT2D eigenvalue weighted by atomic mass is 19.3. The van der Waals surface area contributed by atoms with E-state index in [0.717, 1.165) is 18.1 Å². The molecule has 5 heterocycles. The van der Waals surface area contributed by atoms with Crippen LogP contribution in [0.1, 0.15) is 40.4 Å². The van der Waals surface area contributed by atoms with E-state index in [1.165, 1.54) is 11.2 Å². The van der Waals surface area contributed by atoms with Gasteiger partial charge < -0.3 is 18.7 Å². The van der Waals surface area contributed by atoms with E-state index in [0.29, 0.717) is 22.4 Å². The van der Waals surface area contributed by atoms with Gasteiger partial charge in [0.2, 0.25) is 0 Å². The Morgan fingerprint density at radius 3 is 2.85 bits per heavy atom. The number of hydrogen-bond donors (Lipinski definition) is 1. The summed E-state index contributed by atoms with van der Waals surface area (Å²) in [5, 5.41) is 11.3. The fourth-order valence-electron chi connectivity index (χ4n) is 4.07. The lowest BCUT2D eigenvalue weighted by Crippen LogP contribution is -2.41. The van der Waals surface area contributed by atoms with Gasteiger partial charge in [0.05, 0.1) is 29.2 Å². The molecular weight excluding hydrogens is 455 g/mol. The number of carbonyl (C=O) groups is 1. The van der Waals surface area contributed by atoms with E-state index < -0.39 is 24.3 Å². The summed E-state index contributed by atoms with van der Waals surface area (Å²) in [6.45, 7) is -2.65. The van der Waals surface area contributed by atoms with E-state index in [-0.39, 0.29) is 35.0 Å². The molecule has 0 fully saturated rings. The zero-order chi connectivity index (χ0) is 23.4. The molecule has 0 unspecified atom stereocenters. The van der Waals surface area contributed by atoms with Gasteiger partial charge in [-0.25, -0.2) is 14.1 Å². The van der Waals surface area contributed by atoms with Crippen molar-refractivity contribution < 1.29 is 26.8 Å². The number of H-pyrrole nitrogens is 1. The Morgan fingerprint density at radius 2 is 2.06 bits per heavy atom. The molecule has 1 N–H and O–H groups in total. The van der Waals surface area contributed by atoms with Gasteiger partial charge in [-0.2, -0.15) is 13.9 Å². The quantitative estimate of drug-likeness (QED) is 0.426. The lowest BCUT2D eigenvalue weighted by Gasteiger charge is -2.32. The number of fused-ring (bicyclic) bond motifs is 2. The van der Waals surface area contributed by atoms with E-state index in [2.05, 4.69) is 25.3 Å². The molecule has 4 aromatic heterocycles. The second-order valence-corrected chi connectivity index (χ2v) is 7.59. The predicted molar refractivity (Wildman–Crippen MR) is 108 cm³/mol. The zero-order valence-electron chi connectivity index (χ0n) is 17.2. The minimum absolute atomic E-state index is 0.0689. The number of halogens is 3. The fraction of sp³-hybridized carbons (Fsp3) is 0.190. The minimum atomic E-state index is -2.84. The van der Waals surface area contributed by atoms with Crippen molar-refractivity contribution in [2.75, 3.05) is 6.54 Å². The molecule has 5 aromatic rings. The first-order chi connectivity index (χ1) is 16.5. The SMILES string of the molecule is O=C(c1nnc(-c2cnn(C(F)F)c2)o1)N1CCc2[nH]cnc2[C@H]1c1oc2ccccc2c1F. The number of benzene rings is 1. The van der Waals surface area contributed by atoms with Crippen LogP contribution in [0.3, 0.4) is 0 Å². The summed E-state index contributed by atoms with van der Waals surface area (Å²) in [7, 11) is 0. The van der Waals surface area contributed by atoms with Gasteiger partial charge in [-0.15, -0.1) is 10.2 Å². The molecule has 0 aliphatic carbocycles. The van der Waals surface area contributed by atoms with Gasteiger partial charge in [0.15, 0.2) is 11.6 Å². The molecule has 172 valence electrons. The normalized spacial score (nSPS) is 15.9. The first-order valence-corrected chi connectivity index (χ1v) is 10.2. The number of rotatable bonds is 4. The van der Waals surface area contributed by atoms with Gasteiger partial charge in [-0.1, -0.05) is 12.1 Å². The molecule has 0 spiro atoms. The second-order valence-electron chi connectivity index (χ2n) is 7.59. The predicted octanol–water partition coefficient (Wildman–Crippen LogP) is 3.72. The number of alkyl halides is 2. The van der Waals surface area contributed by atoms with Gasteiger partial charge in [0.25, 0.3) is 5.89 Å². The Labute approximate surface area is 188 Å². The summed E-state index contributed by atoms with van der Waals surface area (Å²) in [6.07, 6.45) is 4.05. The van der Waals surface area contributed by atoms with Gasteiger partial charge in [-0.05, 0) is 12.1 Å². The second kappa shape index (κ2) is 7.57. The highest BCUT2D eigenvalue weighted by molar-refractivity contribution is 5.91. The highest BCUT2D eigenvalue weighted by Crippen LogP contribution is 2.39. The van der Waals surface area contributed by atoms with E-state index >= 15 is 4.39 Å². The van der Waals surface area contributed by atoms with Gasteiger partial charge in [-0.3, -0.25) is 4.79 Å². The first-order valence-electron chi connectivity index (χ1n) is 10.2. The summed E-state index contributed by atoms with van der Waals surface area (Å²) in [5.74, 6) is -1.89. The van der Waals surface area contributed by atoms with Crippen LogP contribution in [0.2, 0.25) is 0 Å². The molecule has 1 aliphatic heterocycles. The van der Waals surface area contributed by atoms with Crippen LogP contribution in [0.25, 0.3) is 22.4 Å². The summed E-state index contributed by atoms with van der Waals surface area (Å²) < 4.78 is 52.7. The van der Waals surface area contributed by atoms with Crippen molar-refractivity contribution in [1.82, 2.24) is 34.8 Å². The largest absolute Gasteiger partial charge is 0.455 e. The number of nitrogens with zero attached hydrogens (tertiary/aromatic N) is 6. The number of furan rings is 1. The standard InChI is InChI=1S/C21H14F3N7O3/c22-14-11-3-1-2-4-13(11)33-17(14)16-15-12(25-9-26-15)5-6-30(16)20(32)19-29-28-18(34-19)10-7-27-31(8-10)21(23)24/h1-4,7-9,16,21H,5-6H2,(H,25,26)/t16-/m0/s1. The lowest BCUT2D eigenvalue weighted by atomic mass is 9.99. The number of aromatic amines is 1. The van der Waals surface area contributed by atoms with E-state index in [1.807, 2.05) is 0 Å². The maximum Gasteiger partial charge on any atom is 0.333 e. The number of nitrogens with one attached hydrogen (secondary N) is 1. The number of para-hydroxylation sites is 1. The molecular formula is C21H14F3N7O3. The van der Waals surface area contributed by atoms with Crippen LogP contribution in [0.15, 0.2) is 51.8 Å². The Balaban J connectivity index is 1.39. The average Bonchev–Trinajstić information content (AvgIpc) is 3.64. The van der Waals surface area contributed by atoms with Crippen molar-refractivity contribution in [3.05, 3.63) is 71.8 Å². The smallest absolute Gasteiger partial charge is 0.333 e. The van der Waals surface area contributed by atoms with Crippen molar-refractivity contribution in [3.8, 4) is 11.5 Å². The Hall–Kier alpha value is -4.42. The summed E-state index contributed by atoms with van der Waals surface area (Å²) >= 11 is 0.